The van der Waals surface area contributed by atoms with Crippen molar-refractivity contribution in [2.45, 2.75) is 23.9 Å². The number of carboxylic acid groups (broad SMARTS) is 1. The maximum atomic E-state index is 12.6. The molecule has 4 aromatic heterocycles. The maximum Gasteiger partial charge on any atom is 0.488 e. The lowest BCUT2D eigenvalue weighted by Gasteiger charge is -2.05. The molecule has 0 saturated carbocycles. The van der Waals surface area contributed by atoms with Gasteiger partial charge in [-0.1, -0.05) is 204 Å². The number of carbonyl (C=O) groups is 4. The summed E-state index contributed by atoms with van der Waals surface area (Å²) in [5.74, 6) is -1.11. The first-order chi connectivity index (χ1) is 45.8. The number of hydrogen-bond acceptors (Lipinski definition) is 16. The molecule has 480 valence electrons. The van der Waals surface area contributed by atoms with Crippen LogP contribution in [0.1, 0.15) is 55.3 Å². The molecule has 12 rings (SSSR count). The Hall–Kier alpha value is -9.75. The fourth-order valence-electron chi connectivity index (χ4n) is 8.35. The summed E-state index contributed by atoms with van der Waals surface area (Å²) in [5.41, 5.74) is 28.1. The summed E-state index contributed by atoms with van der Waals surface area (Å²) >= 11 is 13.1. The van der Waals surface area contributed by atoms with Crippen LogP contribution in [0.4, 0.5) is 10.3 Å². The van der Waals surface area contributed by atoms with Gasteiger partial charge < -0.3 is 32.4 Å². The van der Waals surface area contributed by atoms with Crippen LogP contribution in [0, 0.1) is 0 Å². The lowest BCUT2D eigenvalue weighted by atomic mass is 9.79. The number of carboxylic acids is 1. The number of thiazole rings is 2. The van der Waals surface area contributed by atoms with Crippen molar-refractivity contribution in [1.29, 1.82) is 0 Å². The summed E-state index contributed by atoms with van der Waals surface area (Å²) in [6.45, 7) is 3.02. The number of thiocarbonyl (C=S) groups is 1. The first-order valence-electron chi connectivity index (χ1n) is 28.7. The summed E-state index contributed by atoms with van der Waals surface area (Å²) < 4.78 is 1.13. The van der Waals surface area contributed by atoms with Gasteiger partial charge in [0, 0.05) is 49.9 Å². The minimum atomic E-state index is -1.51. The number of rotatable bonds is 13. The van der Waals surface area contributed by atoms with Crippen molar-refractivity contribution in [1.82, 2.24) is 19.9 Å². The van der Waals surface area contributed by atoms with E-state index >= 15 is 0 Å². The molecule has 0 fully saturated rings. The molecule has 0 aliphatic rings. The molecule has 8 aromatic carbocycles. The third kappa shape index (κ3) is 25.3. The molecule has 0 radical (unpaired) electrons. The van der Waals surface area contributed by atoms with Gasteiger partial charge >= 0.3 is 13.1 Å². The van der Waals surface area contributed by atoms with Gasteiger partial charge in [0.25, 0.3) is 5.91 Å². The largest absolute Gasteiger partial charge is 0.488 e. The third-order valence-electron chi connectivity index (χ3n) is 12.9. The number of amides is 1. The van der Waals surface area contributed by atoms with Crippen LogP contribution in [0.15, 0.2) is 280 Å². The van der Waals surface area contributed by atoms with Gasteiger partial charge in [-0.3, -0.25) is 19.7 Å². The number of halogens is 1. The molecule has 12 aromatic rings. The van der Waals surface area contributed by atoms with Crippen LogP contribution in [-0.4, -0.2) is 83.3 Å². The predicted octanol–water partition coefficient (Wildman–Crippen LogP) is 16.2. The second kappa shape index (κ2) is 39.7. The monoisotopic (exact) mass is 1420 g/mol. The first kappa shape index (κ1) is 74.3. The maximum absolute atomic E-state index is 12.6. The molecule has 0 aliphatic heterocycles. The highest BCUT2D eigenvalue weighted by Gasteiger charge is 2.16. The second-order valence-corrected chi connectivity index (χ2v) is 24.4. The highest BCUT2D eigenvalue weighted by Crippen LogP contribution is 2.31. The van der Waals surface area contributed by atoms with Gasteiger partial charge in [0.05, 0.1) is 22.5 Å². The molecular formula is C73H66BBrN8O7S5. The fraction of sp³-hybridized carbons (Fsp3) is 0.0548. The average molecular weight is 1420 g/mol. The molecule has 0 bridgehead atoms. The van der Waals surface area contributed by atoms with Gasteiger partial charge in [0.15, 0.2) is 26.9 Å². The molecule has 0 aliphatic carbocycles. The predicted molar refractivity (Wildman–Crippen MR) is 401 cm³/mol. The number of Topliss-reactive ketones (excluding diaryl/α,β-unsaturated/α-hetero) is 2. The number of ketones is 2. The molecule has 10 N–H and O–H groups in total. The van der Waals surface area contributed by atoms with Crippen LogP contribution in [-0.2, 0) is 0 Å². The van der Waals surface area contributed by atoms with Gasteiger partial charge in [-0.05, 0) is 132 Å². The first-order valence-corrected chi connectivity index (χ1v) is 34.1. The van der Waals surface area contributed by atoms with E-state index in [1.807, 2.05) is 157 Å². The number of benzene rings is 8. The molecule has 0 unspecified atom stereocenters. The van der Waals surface area contributed by atoms with Crippen molar-refractivity contribution < 1.29 is 34.3 Å². The molecule has 95 heavy (non-hydrogen) atoms. The van der Waals surface area contributed by atoms with Gasteiger partial charge in [0.2, 0.25) is 0 Å². The molecule has 0 atom stereocenters. The van der Waals surface area contributed by atoms with Crippen molar-refractivity contribution in [3.63, 3.8) is 0 Å². The number of nitrogens with zero attached hydrogens (tertiary/aromatic N) is 4. The lowest BCUT2D eigenvalue weighted by Crippen LogP contribution is -2.30. The molecule has 0 saturated heterocycles. The quantitative estimate of drug-likeness (QED) is 0.0245. The van der Waals surface area contributed by atoms with Crippen LogP contribution in [0.2, 0.25) is 0 Å². The van der Waals surface area contributed by atoms with Crippen LogP contribution in [0.3, 0.4) is 0 Å². The second-order valence-electron chi connectivity index (χ2n) is 19.6. The van der Waals surface area contributed by atoms with E-state index in [0.29, 0.717) is 36.9 Å². The topological polar surface area (TPSA) is 271 Å². The Morgan fingerprint density at radius 1 is 0.495 bits per heavy atom. The minimum Gasteiger partial charge on any atom is -0.478 e. The SMILES string of the molecule is Brc1ccccc1.CC(=O)c1cccc(-c2ccccc2)c1.CC(=O)c1cccc(B(O)O)c1.CSc1ncccc1C(=O)Nc1nc(-c2cccc(-c3ccccc3)c2)cs1.CSc1ncccc1C(=O)O.NC(N)=S.Nc1nc(-c2cccc(-c3ccccc3)c2)cs1. The van der Waals surface area contributed by atoms with Crippen LogP contribution in [0.25, 0.3) is 55.9 Å². The number of anilines is 2. The summed E-state index contributed by atoms with van der Waals surface area (Å²) in [7, 11) is -1.51. The van der Waals surface area contributed by atoms with E-state index in [0.717, 1.165) is 54.8 Å². The zero-order chi connectivity index (χ0) is 68.5. The van der Waals surface area contributed by atoms with Crippen molar-refractivity contribution in [3.8, 4) is 55.9 Å². The Bertz CT molecular complexity index is 4400. The van der Waals surface area contributed by atoms with E-state index < -0.39 is 13.1 Å². The Balaban J connectivity index is 0.000000187. The van der Waals surface area contributed by atoms with E-state index in [4.69, 9.17) is 20.9 Å². The fourth-order valence-corrected chi connectivity index (χ4v) is 11.0. The Kier molecular flexibility index (Phi) is 31.1. The Labute approximate surface area is 583 Å². The third-order valence-corrected chi connectivity index (χ3v) is 16.3. The Morgan fingerprint density at radius 2 is 0.884 bits per heavy atom. The van der Waals surface area contributed by atoms with Crippen molar-refractivity contribution in [2.24, 2.45) is 11.5 Å². The van der Waals surface area contributed by atoms with Crippen LogP contribution in [0.5, 0.6) is 0 Å². The Morgan fingerprint density at radius 3 is 1.29 bits per heavy atom. The number of nitrogens with two attached hydrogens (primary N) is 3. The number of aromatic nitrogens is 4. The zero-order valence-corrected chi connectivity index (χ0v) is 57.6. The number of nitrogens with one attached hydrogen (secondary N) is 1. The summed E-state index contributed by atoms with van der Waals surface area (Å²) in [6, 6.07) is 77.8. The molecule has 22 heteroatoms. The number of hydrogen-bond donors (Lipinski definition) is 7. The molecule has 0 spiro atoms. The van der Waals surface area contributed by atoms with Gasteiger partial charge in [-0.15, -0.1) is 46.2 Å². The summed E-state index contributed by atoms with van der Waals surface area (Å²) in [5, 5.41) is 35.5. The number of carbonyl (C=O) groups excluding carboxylic acids is 3. The van der Waals surface area contributed by atoms with E-state index in [1.165, 1.54) is 70.3 Å². The van der Waals surface area contributed by atoms with Gasteiger partial charge in [-0.2, -0.15) is 0 Å². The van der Waals surface area contributed by atoms with E-state index in [-0.39, 0.29) is 28.1 Å². The normalized spacial score (nSPS) is 9.88. The van der Waals surface area contributed by atoms with Crippen LogP contribution < -0.4 is 28.0 Å². The molecule has 15 nitrogen and oxygen atoms in total. The smallest absolute Gasteiger partial charge is 0.478 e. The lowest BCUT2D eigenvalue weighted by molar-refractivity contribution is 0.0691. The zero-order valence-electron chi connectivity index (χ0n) is 51.9. The summed E-state index contributed by atoms with van der Waals surface area (Å²) in [6.07, 6.45) is 6.97. The van der Waals surface area contributed by atoms with Crippen LogP contribution >= 0.6 is 74.3 Å². The van der Waals surface area contributed by atoms with Crippen molar-refractivity contribution >= 4 is 126 Å². The van der Waals surface area contributed by atoms with Crippen molar-refractivity contribution in [3.05, 3.63) is 293 Å². The average Bonchev–Trinajstić information content (AvgIpc) is 1.82. The molecule has 1 amide bonds. The number of aromatic carboxylic acids is 1. The number of pyridine rings is 2. The van der Waals surface area contributed by atoms with E-state index in [1.54, 1.807) is 68.0 Å². The minimum absolute atomic E-state index is 0.000000000000000222. The standard InChI is InChI=1S/C22H17N3OS2.C15H12N2S.C14H12O.C8H9BO3.C7H7NO2S.C6H5Br.CH4N2S/c1-27-21-18(11-6-12-23-21)20(26)25-22-24-19(14-28-22)17-10-5-9-16(13-17)15-7-3-2-4-8-15;16-15-17-14(10-18-15)13-8-4-7-12(9-13)11-5-2-1-3-6-11;1-11(15)13-8-5-9-14(10-13)12-6-3-2-4-7-12;1-6(10)7-3-2-4-8(5-7)9(11)12;1-11-6-5(7(9)10)3-2-4-8-6;7-6-4-2-1-3-5-6;2-1(3)4/h2-14H,1H3,(H,24,25,26);1-10H,(H2,16,17);2-10H,1H3;2-5,11-12H,1H3;2-4H,1H3,(H,9,10);1-5H;(H4,2,3,4). The van der Waals surface area contributed by atoms with Gasteiger partial charge in [0.1, 0.15) is 10.1 Å². The van der Waals surface area contributed by atoms with E-state index in [2.05, 4.69) is 119 Å². The summed E-state index contributed by atoms with van der Waals surface area (Å²) in [4.78, 5) is 62.2. The molecular weight excluding hydrogens is 1350 g/mol. The highest BCUT2D eigenvalue weighted by molar-refractivity contribution is 9.10. The van der Waals surface area contributed by atoms with E-state index in [9.17, 15) is 19.2 Å². The molecule has 4 heterocycles. The van der Waals surface area contributed by atoms with Gasteiger partial charge in [-0.25, -0.2) is 24.7 Å². The van der Waals surface area contributed by atoms with Crippen molar-refractivity contribution in [2.75, 3.05) is 23.6 Å². The highest BCUT2D eigenvalue weighted by atomic mass is 79.9. The number of thioether (sulfide) groups is 2. The number of nitrogen functional groups attached to an aromatic ring is 1.